The molecule has 1 amide bonds. The molecule has 1 unspecified atom stereocenters. The molecule has 2 rings (SSSR count). The summed E-state index contributed by atoms with van der Waals surface area (Å²) in [6.07, 6.45) is 0. The quantitative estimate of drug-likeness (QED) is 0.903. The Bertz CT molecular complexity index is 640. The summed E-state index contributed by atoms with van der Waals surface area (Å²) in [5.74, 6) is 0.346. The minimum Gasteiger partial charge on any atom is -0.451 e. The first-order valence-electron chi connectivity index (χ1n) is 7.30. The van der Waals surface area contributed by atoms with E-state index >= 15 is 0 Å². The molecule has 0 saturated carbocycles. The van der Waals surface area contributed by atoms with Crippen molar-refractivity contribution >= 4 is 29.3 Å². The zero-order valence-corrected chi connectivity index (χ0v) is 14.6. The number of halogens is 1. The van der Waals surface area contributed by atoms with Crippen molar-refractivity contribution < 1.29 is 9.21 Å². The molecule has 0 fully saturated rings. The SMILES string of the molecule is Cc1cc2cc(C(=O)NC(C)(CN)C(C)C)oc2cc1C.Cl. The number of fused-ring (bicyclic) bond motifs is 1. The van der Waals surface area contributed by atoms with E-state index in [0.29, 0.717) is 12.3 Å². The second-order valence-electron chi connectivity index (χ2n) is 6.32. The zero-order valence-electron chi connectivity index (χ0n) is 13.8. The van der Waals surface area contributed by atoms with Gasteiger partial charge in [0, 0.05) is 11.9 Å². The molecule has 0 bridgehead atoms. The van der Waals surface area contributed by atoms with Gasteiger partial charge in [-0.3, -0.25) is 4.79 Å². The van der Waals surface area contributed by atoms with Gasteiger partial charge in [-0.1, -0.05) is 13.8 Å². The number of aryl methyl sites for hydroxylation is 2. The van der Waals surface area contributed by atoms with E-state index in [9.17, 15) is 4.79 Å². The second kappa shape index (κ2) is 6.71. The third-order valence-corrected chi connectivity index (χ3v) is 4.45. The summed E-state index contributed by atoms with van der Waals surface area (Å²) in [6.45, 7) is 10.5. The Balaban J connectivity index is 0.00000242. The summed E-state index contributed by atoms with van der Waals surface area (Å²) < 4.78 is 5.68. The summed E-state index contributed by atoms with van der Waals surface area (Å²) in [7, 11) is 0. The number of benzene rings is 1. The highest BCUT2D eigenvalue weighted by molar-refractivity contribution is 5.96. The van der Waals surface area contributed by atoms with E-state index in [0.717, 1.165) is 16.5 Å². The van der Waals surface area contributed by atoms with E-state index in [1.54, 1.807) is 6.07 Å². The third kappa shape index (κ3) is 3.45. The molecule has 2 aromatic rings. The van der Waals surface area contributed by atoms with Gasteiger partial charge in [-0.2, -0.15) is 0 Å². The number of amides is 1. The van der Waals surface area contributed by atoms with Crippen LogP contribution < -0.4 is 11.1 Å². The number of carbonyl (C=O) groups is 1. The van der Waals surface area contributed by atoms with Gasteiger partial charge < -0.3 is 15.5 Å². The number of carbonyl (C=O) groups excluding carboxylic acids is 1. The average molecular weight is 325 g/mol. The van der Waals surface area contributed by atoms with Gasteiger partial charge in [0.15, 0.2) is 5.76 Å². The lowest BCUT2D eigenvalue weighted by molar-refractivity contribution is 0.0856. The molecular weight excluding hydrogens is 300 g/mol. The van der Waals surface area contributed by atoms with Crippen LogP contribution in [0.4, 0.5) is 0 Å². The second-order valence-corrected chi connectivity index (χ2v) is 6.32. The highest BCUT2D eigenvalue weighted by atomic mass is 35.5. The van der Waals surface area contributed by atoms with Crippen LogP contribution in [0.1, 0.15) is 42.5 Å². The fourth-order valence-electron chi connectivity index (χ4n) is 2.17. The topological polar surface area (TPSA) is 68.3 Å². The van der Waals surface area contributed by atoms with E-state index in [1.807, 2.05) is 46.8 Å². The molecular formula is C17H25ClN2O2. The summed E-state index contributed by atoms with van der Waals surface area (Å²) >= 11 is 0. The van der Waals surface area contributed by atoms with Crippen molar-refractivity contribution in [3.05, 3.63) is 35.1 Å². The number of rotatable bonds is 4. The summed E-state index contributed by atoms with van der Waals surface area (Å²) in [4.78, 5) is 12.4. The Kier molecular flexibility index (Phi) is 5.65. The molecule has 1 aromatic heterocycles. The van der Waals surface area contributed by atoms with E-state index in [-0.39, 0.29) is 24.2 Å². The van der Waals surface area contributed by atoms with Gasteiger partial charge in [-0.05, 0) is 56.0 Å². The van der Waals surface area contributed by atoms with Gasteiger partial charge >= 0.3 is 0 Å². The average Bonchev–Trinajstić information content (AvgIpc) is 2.81. The predicted molar refractivity (Wildman–Crippen MR) is 92.7 cm³/mol. The van der Waals surface area contributed by atoms with Gasteiger partial charge in [-0.25, -0.2) is 0 Å². The minimum absolute atomic E-state index is 0. The van der Waals surface area contributed by atoms with E-state index in [2.05, 4.69) is 5.32 Å². The number of furan rings is 1. The summed E-state index contributed by atoms with van der Waals surface area (Å²) in [5, 5.41) is 3.94. The van der Waals surface area contributed by atoms with Gasteiger partial charge in [0.05, 0.1) is 5.54 Å². The van der Waals surface area contributed by atoms with Gasteiger partial charge in [-0.15, -0.1) is 12.4 Å². The van der Waals surface area contributed by atoms with Crippen molar-refractivity contribution in [2.75, 3.05) is 6.54 Å². The molecule has 0 radical (unpaired) electrons. The van der Waals surface area contributed by atoms with E-state index < -0.39 is 5.54 Å². The van der Waals surface area contributed by atoms with Crippen molar-refractivity contribution in [1.29, 1.82) is 0 Å². The Morgan fingerprint density at radius 3 is 2.41 bits per heavy atom. The van der Waals surface area contributed by atoms with Gasteiger partial charge in [0.25, 0.3) is 5.91 Å². The number of nitrogens with one attached hydrogen (secondary N) is 1. The standard InChI is InChI=1S/C17H24N2O2.ClH/c1-10(2)17(5,9-18)19-16(20)15-8-13-6-11(3)12(4)7-14(13)21-15;/h6-8,10H,9,18H2,1-5H3,(H,19,20);1H. The van der Waals surface area contributed by atoms with Gasteiger partial charge in [0.1, 0.15) is 5.58 Å². The highest BCUT2D eigenvalue weighted by Gasteiger charge is 2.30. The first-order valence-corrected chi connectivity index (χ1v) is 7.30. The fraction of sp³-hybridized carbons (Fsp3) is 0.471. The van der Waals surface area contributed by atoms with E-state index in [1.165, 1.54) is 5.56 Å². The highest BCUT2D eigenvalue weighted by Crippen LogP contribution is 2.24. The maximum atomic E-state index is 12.4. The van der Waals surface area contributed by atoms with Crippen LogP contribution in [-0.2, 0) is 0 Å². The van der Waals surface area contributed by atoms with Crippen LogP contribution >= 0.6 is 12.4 Å². The lowest BCUT2D eigenvalue weighted by Gasteiger charge is -2.33. The zero-order chi connectivity index (χ0) is 15.8. The van der Waals surface area contributed by atoms with Crippen molar-refractivity contribution in [2.24, 2.45) is 11.7 Å². The molecule has 1 aromatic carbocycles. The van der Waals surface area contributed by atoms with Crippen LogP contribution in [0.25, 0.3) is 11.0 Å². The molecule has 0 aliphatic rings. The fourth-order valence-corrected chi connectivity index (χ4v) is 2.17. The molecule has 22 heavy (non-hydrogen) atoms. The van der Waals surface area contributed by atoms with Crippen molar-refractivity contribution in [3.63, 3.8) is 0 Å². The first-order chi connectivity index (χ1) is 9.76. The lowest BCUT2D eigenvalue weighted by atomic mass is 9.88. The molecule has 4 nitrogen and oxygen atoms in total. The Morgan fingerprint density at radius 1 is 1.27 bits per heavy atom. The molecule has 1 heterocycles. The maximum Gasteiger partial charge on any atom is 0.287 e. The summed E-state index contributed by atoms with van der Waals surface area (Å²) in [5.41, 5.74) is 8.43. The van der Waals surface area contributed by atoms with Crippen LogP contribution in [0, 0.1) is 19.8 Å². The van der Waals surface area contributed by atoms with Crippen molar-refractivity contribution in [3.8, 4) is 0 Å². The molecule has 0 spiro atoms. The van der Waals surface area contributed by atoms with Crippen LogP contribution in [0.15, 0.2) is 22.6 Å². The van der Waals surface area contributed by atoms with Crippen molar-refractivity contribution in [1.82, 2.24) is 5.32 Å². The number of nitrogens with two attached hydrogens (primary N) is 1. The van der Waals surface area contributed by atoms with Crippen molar-refractivity contribution in [2.45, 2.75) is 40.2 Å². The third-order valence-electron chi connectivity index (χ3n) is 4.45. The molecule has 5 heteroatoms. The lowest BCUT2D eigenvalue weighted by Crippen LogP contribution is -2.54. The maximum absolute atomic E-state index is 12.4. The molecule has 122 valence electrons. The summed E-state index contributed by atoms with van der Waals surface area (Å²) in [6, 6.07) is 5.79. The number of hydrogen-bond acceptors (Lipinski definition) is 3. The smallest absolute Gasteiger partial charge is 0.287 e. The van der Waals surface area contributed by atoms with Crippen LogP contribution in [0.2, 0.25) is 0 Å². The molecule has 0 aliphatic heterocycles. The number of hydrogen-bond donors (Lipinski definition) is 2. The molecule has 1 atom stereocenters. The van der Waals surface area contributed by atoms with Crippen LogP contribution in [0.5, 0.6) is 0 Å². The Morgan fingerprint density at radius 2 is 1.86 bits per heavy atom. The normalized spacial score (nSPS) is 13.8. The van der Waals surface area contributed by atoms with Gasteiger partial charge in [0.2, 0.25) is 0 Å². The molecule has 3 N–H and O–H groups in total. The largest absolute Gasteiger partial charge is 0.451 e. The minimum atomic E-state index is -0.443. The van der Waals surface area contributed by atoms with Crippen LogP contribution in [0.3, 0.4) is 0 Å². The monoisotopic (exact) mass is 324 g/mol. The van der Waals surface area contributed by atoms with Crippen LogP contribution in [-0.4, -0.2) is 18.0 Å². The molecule has 0 aliphatic carbocycles. The Labute approximate surface area is 137 Å². The molecule has 0 saturated heterocycles. The predicted octanol–water partition coefficient (Wildman–Crippen LogP) is 3.57. The first kappa shape index (κ1) is 18.5. The Hall–Kier alpha value is -1.52. The van der Waals surface area contributed by atoms with E-state index in [4.69, 9.17) is 10.2 Å².